The molecule has 0 aliphatic heterocycles. The average Bonchev–Trinajstić information content (AvgIpc) is 2.38. The maximum atomic E-state index is 6.24. The van der Waals surface area contributed by atoms with Crippen molar-refractivity contribution in [1.29, 1.82) is 0 Å². The van der Waals surface area contributed by atoms with Crippen molar-refractivity contribution in [3.63, 3.8) is 0 Å². The topological polar surface area (TPSA) is 12.9 Å². The number of hydrogen-bond donors (Lipinski definition) is 0. The molecule has 6 heteroatoms. The van der Waals surface area contributed by atoms with Crippen LogP contribution >= 0.6 is 58.0 Å². The molecular weight excluding hydrogens is 347 g/mol. The number of aryl methyl sites for hydroxylation is 2. The molecule has 0 saturated heterocycles. The van der Waals surface area contributed by atoms with Crippen LogP contribution < -0.4 is 0 Å². The summed E-state index contributed by atoms with van der Waals surface area (Å²) in [5, 5.41) is 1.00. The van der Waals surface area contributed by atoms with Gasteiger partial charge in [-0.3, -0.25) is 4.98 Å². The van der Waals surface area contributed by atoms with E-state index < -0.39 is 0 Å². The fourth-order valence-electron chi connectivity index (χ4n) is 1.69. The quantitative estimate of drug-likeness (QED) is 0.413. The largest absolute Gasteiger partial charge is 0.253 e. The van der Waals surface area contributed by atoms with Crippen LogP contribution in [0.5, 0.6) is 0 Å². The van der Waals surface area contributed by atoms with Gasteiger partial charge in [0.05, 0.1) is 30.8 Å². The van der Waals surface area contributed by atoms with E-state index in [-0.39, 0.29) is 25.1 Å². The van der Waals surface area contributed by atoms with Gasteiger partial charge in [-0.2, -0.15) is 0 Å². The van der Waals surface area contributed by atoms with Crippen LogP contribution in [0.25, 0.3) is 11.3 Å². The molecule has 0 unspecified atom stereocenters. The molecule has 0 fully saturated rings. The molecule has 0 saturated carbocycles. The van der Waals surface area contributed by atoms with Gasteiger partial charge in [0, 0.05) is 11.3 Å². The normalized spacial score (nSPS) is 10.9. The second-order valence-electron chi connectivity index (χ2n) is 4.06. The lowest BCUT2D eigenvalue weighted by atomic mass is 10.1. The van der Waals surface area contributed by atoms with Crippen molar-refractivity contribution in [1.82, 2.24) is 4.98 Å². The van der Waals surface area contributed by atoms with E-state index in [2.05, 4.69) is 4.98 Å². The molecule has 2 aromatic rings. The first-order valence-electron chi connectivity index (χ1n) is 5.30. The minimum atomic E-state index is 0.146. The summed E-state index contributed by atoms with van der Waals surface area (Å²) in [6.45, 7) is 3.79. The molecule has 19 heavy (non-hydrogen) atoms. The molecule has 1 aromatic carbocycles. The molecule has 0 N–H and O–H groups in total. The van der Waals surface area contributed by atoms with Crippen molar-refractivity contribution in [3.8, 4) is 11.3 Å². The zero-order chi connectivity index (χ0) is 14.3. The highest BCUT2D eigenvalue weighted by atomic mass is 35.5. The number of benzene rings is 1. The third kappa shape index (κ3) is 2.68. The van der Waals surface area contributed by atoms with Gasteiger partial charge in [-0.15, -0.1) is 0 Å². The van der Waals surface area contributed by atoms with Gasteiger partial charge in [-0.25, -0.2) is 0 Å². The SMILES string of the molecule is Cc1ccc(C)c(-c2c(Cl)c(Cl)c(Cl)c(Cl)c2Cl)n1. The van der Waals surface area contributed by atoms with Gasteiger partial charge in [0.15, 0.2) is 0 Å². The van der Waals surface area contributed by atoms with Crippen molar-refractivity contribution in [3.05, 3.63) is 48.5 Å². The summed E-state index contributed by atoms with van der Waals surface area (Å²) in [6, 6.07) is 3.83. The molecule has 0 spiro atoms. The predicted octanol–water partition coefficient (Wildman–Crippen LogP) is 6.63. The molecule has 1 heterocycles. The van der Waals surface area contributed by atoms with Gasteiger partial charge in [0.1, 0.15) is 0 Å². The summed E-state index contributed by atoms with van der Waals surface area (Å²) in [6.07, 6.45) is 0. The van der Waals surface area contributed by atoms with Gasteiger partial charge >= 0.3 is 0 Å². The lowest BCUT2D eigenvalue weighted by Crippen LogP contribution is -1.94. The lowest BCUT2D eigenvalue weighted by molar-refractivity contribution is 1.18. The molecule has 0 aliphatic rings. The monoisotopic (exact) mass is 353 g/mol. The van der Waals surface area contributed by atoms with Gasteiger partial charge in [-0.1, -0.05) is 64.1 Å². The van der Waals surface area contributed by atoms with Crippen molar-refractivity contribution in [2.24, 2.45) is 0 Å². The van der Waals surface area contributed by atoms with Crippen LogP contribution in [0, 0.1) is 13.8 Å². The number of pyridine rings is 1. The molecule has 0 amide bonds. The van der Waals surface area contributed by atoms with Crippen LogP contribution in [-0.4, -0.2) is 4.98 Å². The van der Waals surface area contributed by atoms with Crippen molar-refractivity contribution < 1.29 is 0 Å². The minimum absolute atomic E-state index is 0.146. The summed E-state index contributed by atoms with van der Waals surface area (Å²) in [5.74, 6) is 0. The van der Waals surface area contributed by atoms with Gasteiger partial charge < -0.3 is 0 Å². The fraction of sp³-hybridized carbons (Fsp3) is 0.154. The maximum absolute atomic E-state index is 6.24. The van der Waals surface area contributed by atoms with Gasteiger partial charge in [-0.05, 0) is 25.5 Å². The first-order chi connectivity index (χ1) is 8.84. The van der Waals surface area contributed by atoms with E-state index in [1.807, 2.05) is 26.0 Å². The smallest absolute Gasteiger partial charge is 0.0809 e. The lowest BCUT2D eigenvalue weighted by Gasteiger charge is -2.14. The summed E-state index contributed by atoms with van der Waals surface area (Å²) in [4.78, 5) is 4.45. The molecule has 1 aromatic heterocycles. The Morgan fingerprint density at radius 3 is 1.74 bits per heavy atom. The molecular formula is C13H8Cl5N. The Morgan fingerprint density at radius 2 is 1.21 bits per heavy atom. The van der Waals surface area contributed by atoms with Crippen LogP contribution in [0.2, 0.25) is 25.1 Å². The molecule has 0 aliphatic carbocycles. The predicted molar refractivity (Wildman–Crippen MR) is 84.2 cm³/mol. The highest BCUT2D eigenvalue weighted by Gasteiger charge is 2.22. The van der Waals surface area contributed by atoms with Gasteiger partial charge in [0.25, 0.3) is 0 Å². The van der Waals surface area contributed by atoms with E-state index in [0.29, 0.717) is 11.3 Å². The molecule has 1 nitrogen and oxygen atoms in total. The molecule has 0 atom stereocenters. The van der Waals surface area contributed by atoms with Gasteiger partial charge in [0.2, 0.25) is 0 Å². The Bertz CT molecular complexity index is 638. The second kappa shape index (κ2) is 5.67. The zero-order valence-electron chi connectivity index (χ0n) is 9.99. The third-order valence-corrected chi connectivity index (χ3v) is 4.96. The van der Waals surface area contributed by atoms with Crippen molar-refractivity contribution in [2.45, 2.75) is 13.8 Å². The number of aromatic nitrogens is 1. The first-order valence-corrected chi connectivity index (χ1v) is 7.19. The maximum Gasteiger partial charge on any atom is 0.0809 e. The van der Waals surface area contributed by atoms with E-state index in [1.165, 1.54) is 0 Å². The summed E-state index contributed by atoms with van der Waals surface area (Å²) < 4.78 is 0. The molecule has 100 valence electrons. The van der Waals surface area contributed by atoms with Crippen molar-refractivity contribution in [2.75, 3.05) is 0 Å². The average molecular weight is 355 g/mol. The number of rotatable bonds is 1. The molecule has 0 radical (unpaired) electrons. The van der Waals surface area contributed by atoms with E-state index in [9.17, 15) is 0 Å². The first kappa shape index (κ1) is 15.2. The Hall–Kier alpha value is -0.180. The highest BCUT2D eigenvalue weighted by Crippen LogP contribution is 2.48. The van der Waals surface area contributed by atoms with E-state index in [0.717, 1.165) is 11.3 Å². The Morgan fingerprint density at radius 1 is 0.737 bits per heavy atom. The summed E-state index contributed by atoms with van der Waals surface area (Å²) in [7, 11) is 0. The number of hydrogen-bond acceptors (Lipinski definition) is 1. The van der Waals surface area contributed by atoms with Crippen LogP contribution in [0.3, 0.4) is 0 Å². The van der Waals surface area contributed by atoms with Crippen LogP contribution in [-0.2, 0) is 0 Å². The van der Waals surface area contributed by atoms with E-state index >= 15 is 0 Å². The van der Waals surface area contributed by atoms with Crippen LogP contribution in [0.4, 0.5) is 0 Å². The third-order valence-electron chi connectivity index (χ3n) is 2.68. The standard InChI is InChI=1S/C13H8Cl5N/c1-5-3-4-6(2)19-13(5)7-8(14)10(16)12(18)11(17)9(7)15/h3-4H,1-2H3. The number of nitrogens with zero attached hydrogens (tertiary/aromatic N) is 1. The number of halogens is 5. The molecule has 0 bridgehead atoms. The Kier molecular flexibility index (Phi) is 4.54. The summed E-state index contributed by atoms with van der Waals surface area (Å²) >= 11 is 30.6. The van der Waals surface area contributed by atoms with Crippen molar-refractivity contribution >= 4 is 58.0 Å². The zero-order valence-corrected chi connectivity index (χ0v) is 13.8. The Balaban J connectivity index is 2.87. The highest BCUT2D eigenvalue weighted by molar-refractivity contribution is 6.56. The molecule has 2 rings (SSSR count). The van der Waals surface area contributed by atoms with Crippen LogP contribution in [0.1, 0.15) is 11.3 Å². The van der Waals surface area contributed by atoms with Crippen LogP contribution in [0.15, 0.2) is 12.1 Å². The minimum Gasteiger partial charge on any atom is -0.253 e. The summed E-state index contributed by atoms with van der Waals surface area (Å²) in [5.41, 5.74) is 2.91. The Labute approximate surface area is 136 Å². The fourth-order valence-corrected chi connectivity index (χ4v) is 3.01. The van der Waals surface area contributed by atoms with E-state index in [1.54, 1.807) is 0 Å². The second-order valence-corrected chi connectivity index (χ2v) is 5.95. The van der Waals surface area contributed by atoms with E-state index in [4.69, 9.17) is 58.0 Å².